The van der Waals surface area contributed by atoms with E-state index in [-0.39, 0.29) is 36.1 Å². The lowest BCUT2D eigenvalue weighted by Gasteiger charge is -2.27. The summed E-state index contributed by atoms with van der Waals surface area (Å²) in [6, 6.07) is 7.53. The Morgan fingerprint density at radius 3 is 2.62 bits per heavy atom. The third-order valence-electron chi connectivity index (χ3n) is 6.00. The zero-order valence-corrected chi connectivity index (χ0v) is 20.0. The minimum Gasteiger partial charge on any atom is -0.373 e. The highest BCUT2D eigenvalue weighted by atomic mass is 127. The molecule has 3 fully saturated rings. The van der Waals surface area contributed by atoms with Crippen molar-refractivity contribution in [3.8, 4) is 0 Å². The van der Waals surface area contributed by atoms with Gasteiger partial charge in [-0.2, -0.15) is 4.31 Å². The van der Waals surface area contributed by atoms with Gasteiger partial charge in [0.05, 0.1) is 23.1 Å². The Morgan fingerprint density at radius 1 is 1.21 bits per heavy atom. The number of fused-ring (bicyclic) bond motifs is 2. The molecule has 29 heavy (non-hydrogen) atoms. The van der Waals surface area contributed by atoms with Gasteiger partial charge in [-0.1, -0.05) is 24.6 Å². The van der Waals surface area contributed by atoms with E-state index in [1.165, 1.54) is 0 Å². The number of halogens is 1. The Labute approximate surface area is 190 Å². The number of hydrogen-bond acceptors (Lipinski definition) is 4. The molecular weight excluding hydrogens is 503 g/mol. The summed E-state index contributed by atoms with van der Waals surface area (Å²) in [6.45, 7) is 1.62. The van der Waals surface area contributed by atoms with Gasteiger partial charge < -0.3 is 15.4 Å². The molecule has 3 saturated heterocycles. The van der Waals surface area contributed by atoms with E-state index >= 15 is 0 Å². The van der Waals surface area contributed by atoms with Crippen LogP contribution in [-0.2, 0) is 21.3 Å². The Bertz CT molecular complexity index is 827. The molecule has 4 rings (SSSR count). The average Bonchev–Trinajstić information content (AvgIpc) is 3.35. The molecule has 9 heteroatoms. The van der Waals surface area contributed by atoms with Gasteiger partial charge in [0.1, 0.15) is 0 Å². The van der Waals surface area contributed by atoms with E-state index < -0.39 is 10.0 Å². The zero-order valence-electron chi connectivity index (χ0n) is 16.8. The normalized spacial score (nSPS) is 27.5. The number of rotatable bonds is 5. The molecule has 0 amide bonds. The van der Waals surface area contributed by atoms with Gasteiger partial charge in [-0.3, -0.25) is 4.99 Å². The second-order valence-corrected chi connectivity index (χ2v) is 9.77. The Kier molecular flexibility index (Phi) is 7.80. The van der Waals surface area contributed by atoms with Gasteiger partial charge in [0.25, 0.3) is 0 Å². The van der Waals surface area contributed by atoms with E-state index in [1.54, 1.807) is 23.5 Å². The van der Waals surface area contributed by atoms with Crippen molar-refractivity contribution in [2.24, 2.45) is 4.99 Å². The predicted octanol–water partition coefficient (Wildman–Crippen LogP) is 2.46. The number of piperidine rings is 1. The summed E-state index contributed by atoms with van der Waals surface area (Å²) in [4.78, 5) is 4.70. The Hall–Kier alpha value is -0.910. The summed E-state index contributed by atoms with van der Waals surface area (Å²) in [5.74, 6) is 0.686. The average molecular weight is 534 g/mol. The van der Waals surface area contributed by atoms with Gasteiger partial charge in [0.2, 0.25) is 10.0 Å². The first-order valence-electron chi connectivity index (χ1n) is 10.3. The van der Waals surface area contributed by atoms with Crippen LogP contribution < -0.4 is 10.6 Å². The summed E-state index contributed by atoms with van der Waals surface area (Å²) in [5, 5.41) is 6.73. The molecule has 2 N–H and O–H groups in total. The van der Waals surface area contributed by atoms with Crippen molar-refractivity contribution < 1.29 is 13.2 Å². The van der Waals surface area contributed by atoms with Crippen molar-refractivity contribution in [2.45, 2.75) is 68.2 Å². The molecule has 0 radical (unpaired) electrons. The molecule has 2 bridgehead atoms. The number of nitrogens with zero attached hydrogens (tertiary/aromatic N) is 2. The lowest BCUT2D eigenvalue weighted by molar-refractivity contribution is 0.0992. The second-order valence-electron chi connectivity index (χ2n) is 7.86. The van der Waals surface area contributed by atoms with Crippen LogP contribution >= 0.6 is 24.0 Å². The lowest BCUT2D eigenvalue weighted by atomic mass is 9.96. The van der Waals surface area contributed by atoms with Gasteiger partial charge in [-0.25, -0.2) is 8.42 Å². The summed E-state index contributed by atoms with van der Waals surface area (Å²) in [5.41, 5.74) is 0.764. The molecule has 0 aromatic heterocycles. The topological polar surface area (TPSA) is 83.0 Å². The third-order valence-corrected chi connectivity index (χ3v) is 8.00. The van der Waals surface area contributed by atoms with Gasteiger partial charge in [0.15, 0.2) is 5.96 Å². The third kappa shape index (κ3) is 5.05. The fourth-order valence-electron chi connectivity index (χ4n) is 4.48. The summed E-state index contributed by atoms with van der Waals surface area (Å²) >= 11 is 0. The molecule has 7 nitrogen and oxygen atoms in total. The number of nitrogens with one attached hydrogen (secondary N) is 2. The van der Waals surface area contributed by atoms with Crippen molar-refractivity contribution in [2.75, 3.05) is 20.1 Å². The number of ether oxygens (including phenoxy) is 1. The number of benzene rings is 1. The molecular formula is C20H31IN4O3S. The molecule has 1 aromatic rings. The minimum atomic E-state index is -3.46. The fraction of sp³-hybridized carbons (Fsp3) is 0.650. The highest BCUT2D eigenvalue weighted by Gasteiger charge is 2.41. The second kappa shape index (κ2) is 9.93. The molecule has 0 aliphatic carbocycles. The van der Waals surface area contributed by atoms with Crippen molar-refractivity contribution in [3.63, 3.8) is 0 Å². The zero-order chi connectivity index (χ0) is 19.6. The van der Waals surface area contributed by atoms with Gasteiger partial charge >= 0.3 is 0 Å². The number of guanidine groups is 1. The maximum absolute atomic E-state index is 13.1. The number of aliphatic imine (C=N–C) groups is 1. The van der Waals surface area contributed by atoms with Crippen LogP contribution in [0, 0.1) is 0 Å². The van der Waals surface area contributed by atoms with Crippen molar-refractivity contribution in [1.82, 2.24) is 14.9 Å². The number of sulfonamides is 1. The van der Waals surface area contributed by atoms with Crippen LogP contribution in [0.4, 0.5) is 0 Å². The first-order valence-corrected chi connectivity index (χ1v) is 11.7. The van der Waals surface area contributed by atoms with Crippen LogP contribution in [0.3, 0.4) is 0 Å². The van der Waals surface area contributed by atoms with Crippen LogP contribution in [0.25, 0.3) is 0 Å². The summed E-state index contributed by atoms with van der Waals surface area (Å²) in [7, 11) is -1.73. The van der Waals surface area contributed by atoms with Crippen molar-refractivity contribution in [3.05, 3.63) is 29.8 Å². The molecule has 1 aromatic carbocycles. The molecule has 0 spiro atoms. The van der Waals surface area contributed by atoms with E-state index in [4.69, 9.17) is 4.74 Å². The van der Waals surface area contributed by atoms with E-state index in [9.17, 15) is 8.42 Å². The fourth-order valence-corrected chi connectivity index (χ4v) is 6.22. The standard InChI is InChI=1S/C20H30N4O3S.HI/c1-21-20(23-17-13-16-9-10-18(17)27-16)22-14-15-7-3-4-8-19(15)28(25,26)24-11-5-2-6-12-24;/h3-4,7-8,16-18H,2,5-6,9-14H2,1H3,(H2,21,22,23);1H. The first-order chi connectivity index (χ1) is 13.6. The molecule has 3 aliphatic heterocycles. The molecule has 3 unspecified atom stereocenters. The van der Waals surface area contributed by atoms with E-state index in [0.29, 0.717) is 36.6 Å². The SMILES string of the molecule is CN=C(NCc1ccccc1S(=O)(=O)N1CCCCC1)NC1CC2CCC1O2.I. The minimum absolute atomic E-state index is 0. The van der Waals surface area contributed by atoms with Crippen molar-refractivity contribution in [1.29, 1.82) is 0 Å². The Morgan fingerprint density at radius 2 is 1.97 bits per heavy atom. The van der Waals surface area contributed by atoms with E-state index in [1.807, 2.05) is 12.1 Å². The van der Waals surface area contributed by atoms with Crippen LogP contribution in [0.2, 0.25) is 0 Å². The highest BCUT2D eigenvalue weighted by molar-refractivity contribution is 14.0. The maximum Gasteiger partial charge on any atom is 0.243 e. The van der Waals surface area contributed by atoms with Crippen LogP contribution in [0.15, 0.2) is 34.2 Å². The molecule has 162 valence electrons. The largest absolute Gasteiger partial charge is 0.373 e. The first kappa shape index (κ1) is 22.8. The van der Waals surface area contributed by atoms with Crippen LogP contribution in [0.1, 0.15) is 44.1 Å². The van der Waals surface area contributed by atoms with Crippen molar-refractivity contribution >= 4 is 40.0 Å². The smallest absolute Gasteiger partial charge is 0.243 e. The van der Waals surface area contributed by atoms with E-state index in [0.717, 1.165) is 44.1 Å². The van der Waals surface area contributed by atoms with Crippen LogP contribution in [0.5, 0.6) is 0 Å². The Balaban J connectivity index is 0.00000240. The molecule has 3 aliphatic rings. The molecule has 0 saturated carbocycles. The van der Waals surface area contributed by atoms with Gasteiger partial charge in [-0.05, 0) is 43.7 Å². The maximum atomic E-state index is 13.1. The van der Waals surface area contributed by atoms with Gasteiger partial charge in [-0.15, -0.1) is 24.0 Å². The predicted molar refractivity (Wildman–Crippen MR) is 124 cm³/mol. The van der Waals surface area contributed by atoms with E-state index in [2.05, 4.69) is 15.6 Å². The monoisotopic (exact) mass is 534 g/mol. The number of hydrogen-bond donors (Lipinski definition) is 2. The summed E-state index contributed by atoms with van der Waals surface area (Å²) in [6.07, 6.45) is 6.84. The van der Waals surface area contributed by atoms with Crippen LogP contribution in [-0.4, -0.2) is 57.1 Å². The lowest BCUT2D eigenvalue weighted by Crippen LogP contribution is -2.47. The van der Waals surface area contributed by atoms with Gasteiger partial charge in [0, 0.05) is 26.7 Å². The molecule has 3 atom stereocenters. The molecule has 3 heterocycles. The quantitative estimate of drug-likeness (QED) is 0.345. The highest BCUT2D eigenvalue weighted by Crippen LogP contribution is 2.34. The summed E-state index contributed by atoms with van der Waals surface area (Å²) < 4.78 is 33.8.